The number of carbonyl (C=O) groups is 2. The number of amides is 1. The second kappa shape index (κ2) is 7.28. The molecule has 0 unspecified atom stereocenters. The fourth-order valence-corrected chi connectivity index (χ4v) is 2.95. The van der Waals surface area contributed by atoms with Gasteiger partial charge in [0.1, 0.15) is 5.69 Å². The fraction of sp³-hybridized carbons (Fsp3) is 0.118. The molecule has 2 aromatic carbocycles. The van der Waals surface area contributed by atoms with E-state index in [-0.39, 0.29) is 11.4 Å². The van der Waals surface area contributed by atoms with Gasteiger partial charge < -0.3 is 10.1 Å². The summed E-state index contributed by atoms with van der Waals surface area (Å²) in [5, 5.41) is 13.4. The van der Waals surface area contributed by atoms with Gasteiger partial charge in [-0.3, -0.25) is 14.9 Å². The summed E-state index contributed by atoms with van der Waals surface area (Å²) in [5.74, 6) is -1.32. The number of para-hydroxylation sites is 2. The van der Waals surface area contributed by atoms with Crippen LogP contribution < -0.4 is 5.32 Å². The van der Waals surface area contributed by atoms with Crippen LogP contribution in [0.3, 0.4) is 0 Å². The lowest BCUT2D eigenvalue weighted by Crippen LogP contribution is -2.30. The molecule has 3 aromatic rings. The zero-order valence-electron chi connectivity index (χ0n) is 13.5. The predicted molar refractivity (Wildman–Crippen MR) is 96.2 cm³/mol. The van der Waals surface area contributed by atoms with Crippen LogP contribution in [0.2, 0.25) is 0 Å². The molecule has 1 atom stereocenters. The van der Waals surface area contributed by atoms with Crippen molar-refractivity contribution >= 4 is 44.8 Å². The molecule has 0 saturated heterocycles. The Morgan fingerprint density at radius 3 is 2.81 bits per heavy atom. The maximum Gasteiger partial charge on any atom is 0.338 e. The number of thiazole rings is 1. The van der Waals surface area contributed by atoms with Gasteiger partial charge in [-0.05, 0) is 31.2 Å². The van der Waals surface area contributed by atoms with E-state index in [9.17, 15) is 19.7 Å². The molecule has 26 heavy (non-hydrogen) atoms. The van der Waals surface area contributed by atoms with Gasteiger partial charge in [0.05, 0.1) is 26.2 Å². The van der Waals surface area contributed by atoms with E-state index in [2.05, 4.69) is 10.3 Å². The summed E-state index contributed by atoms with van der Waals surface area (Å²) in [5.41, 5.74) is 2.54. The van der Waals surface area contributed by atoms with E-state index < -0.39 is 22.9 Å². The first-order valence-electron chi connectivity index (χ1n) is 7.54. The summed E-state index contributed by atoms with van der Waals surface area (Å²) >= 11 is 1.39. The Hall–Kier alpha value is -3.33. The number of nitro benzene ring substituents is 1. The summed E-state index contributed by atoms with van der Waals surface area (Å²) in [6, 6.07) is 10.6. The molecular weight excluding hydrogens is 358 g/mol. The van der Waals surface area contributed by atoms with Gasteiger partial charge in [-0.15, -0.1) is 11.3 Å². The van der Waals surface area contributed by atoms with Gasteiger partial charge in [0, 0.05) is 6.07 Å². The van der Waals surface area contributed by atoms with Crippen molar-refractivity contribution < 1.29 is 19.2 Å². The van der Waals surface area contributed by atoms with Crippen LogP contribution in [-0.4, -0.2) is 27.9 Å². The number of nitrogens with one attached hydrogen (secondary N) is 1. The van der Waals surface area contributed by atoms with Gasteiger partial charge >= 0.3 is 5.97 Å². The molecule has 1 heterocycles. The Kier molecular flexibility index (Phi) is 4.90. The van der Waals surface area contributed by atoms with Crippen molar-refractivity contribution in [2.24, 2.45) is 0 Å². The van der Waals surface area contributed by atoms with Gasteiger partial charge in [-0.2, -0.15) is 0 Å². The number of nitro groups is 1. The van der Waals surface area contributed by atoms with Gasteiger partial charge in [0.25, 0.3) is 11.6 Å². The first-order chi connectivity index (χ1) is 12.5. The van der Waals surface area contributed by atoms with Crippen molar-refractivity contribution in [1.29, 1.82) is 0 Å². The van der Waals surface area contributed by atoms with Crippen LogP contribution in [0.15, 0.2) is 48.0 Å². The van der Waals surface area contributed by atoms with Crippen molar-refractivity contribution in [3.8, 4) is 0 Å². The average Bonchev–Trinajstić information content (AvgIpc) is 3.09. The Morgan fingerprint density at radius 1 is 1.27 bits per heavy atom. The normalized spacial score (nSPS) is 11.7. The first kappa shape index (κ1) is 17.5. The second-order valence-corrected chi connectivity index (χ2v) is 6.23. The number of nitrogens with zero attached hydrogens (tertiary/aromatic N) is 2. The lowest BCUT2D eigenvalue weighted by molar-refractivity contribution is -0.383. The van der Waals surface area contributed by atoms with Gasteiger partial charge in [-0.1, -0.05) is 12.1 Å². The standard InChI is InChI=1S/C17H13N3O5S/c1-10(16(21)19-12-4-2-3-5-14(12)20(23)24)25-17(22)11-6-7-13-15(8-11)26-9-18-13/h2-10H,1H3,(H,19,21)/t10-/m1/s1. The minimum absolute atomic E-state index is 0.0384. The summed E-state index contributed by atoms with van der Waals surface area (Å²) in [7, 11) is 0. The molecule has 0 fully saturated rings. The zero-order valence-corrected chi connectivity index (χ0v) is 14.4. The monoisotopic (exact) mass is 371 g/mol. The first-order valence-corrected chi connectivity index (χ1v) is 8.42. The lowest BCUT2D eigenvalue weighted by atomic mass is 10.2. The number of ether oxygens (including phenoxy) is 1. The third-order valence-electron chi connectivity index (χ3n) is 3.58. The number of carbonyl (C=O) groups excluding carboxylic acids is 2. The van der Waals surface area contributed by atoms with Crippen molar-refractivity contribution in [3.05, 3.63) is 63.7 Å². The number of hydrogen-bond acceptors (Lipinski definition) is 7. The van der Waals surface area contributed by atoms with Gasteiger partial charge in [0.15, 0.2) is 6.10 Å². The maximum absolute atomic E-state index is 12.2. The molecule has 8 nitrogen and oxygen atoms in total. The molecule has 9 heteroatoms. The molecule has 0 spiro atoms. The van der Waals surface area contributed by atoms with Crippen molar-refractivity contribution in [2.45, 2.75) is 13.0 Å². The van der Waals surface area contributed by atoms with E-state index in [1.807, 2.05) is 0 Å². The Balaban J connectivity index is 1.69. The highest BCUT2D eigenvalue weighted by Crippen LogP contribution is 2.24. The van der Waals surface area contributed by atoms with E-state index in [1.54, 1.807) is 29.8 Å². The smallest absolute Gasteiger partial charge is 0.338 e. The van der Waals surface area contributed by atoms with Crippen LogP contribution >= 0.6 is 11.3 Å². The van der Waals surface area contributed by atoms with Crippen molar-refractivity contribution in [3.63, 3.8) is 0 Å². The number of rotatable bonds is 5. The van der Waals surface area contributed by atoms with Crippen molar-refractivity contribution in [2.75, 3.05) is 5.32 Å². The topological polar surface area (TPSA) is 111 Å². The molecule has 1 N–H and O–H groups in total. The number of benzene rings is 2. The predicted octanol–water partition coefficient (Wildman–Crippen LogP) is 3.39. The minimum Gasteiger partial charge on any atom is -0.449 e. The SMILES string of the molecule is C[C@@H](OC(=O)c1ccc2ncsc2c1)C(=O)Nc1ccccc1[N+](=O)[O-]. The van der Waals surface area contributed by atoms with E-state index in [4.69, 9.17) is 4.74 Å². The zero-order chi connectivity index (χ0) is 18.7. The third-order valence-corrected chi connectivity index (χ3v) is 4.37. The van der Waals surface area contributed by atoms with E-state index in [0.29, 0.717) is 5.56 Å². The van der Waals surface area contributed by atoms with Crippen LogP contribution in [0.4, 0.5) is 11.4 Å². The quantitative estimate of drug-likeness (QED) is 0.418. The average molecular weight is 371 g/mol. The molecule has 0 bridgehead atoms. The summed E-state index contributed by atoms with van der Waals surface area (Å²) in [6.07, 6.45) is -1.13. The van der Waals surface area contributed by atoms with Crippen LogP contribution in [-0.2, 0) is 9.53 Å². The van der Waals surface area contributed by atoms with Crippen LogP contribution in [0.5, 0.6) is 0 Å². The third kappa shape index (κ3) is 3.67. The minimum atomic E-state index is -1.13. The van der Waals surface area contributed by atoms with Crippen LogP contribution in [0, 0.1) is 10.1 Å². The summed E-state index contributed by atoms with van der Waals surface area (Å²) in [4.78, 5) is 38.9. The highest BCUT2D eigenvalue weighted by Gasteiger charge is 2.22. The highest BCUT2D eigenvalue weighted by molar-refractivity contribution is 7.16. The summed E-state index contributed by atoms with van der Waals surface area (Å²) in [6.45, 7) is 1.40. The maximum atomic E-state index is 12.2. The van der Waals surface area contributed by atoms with Crippen molar-refractivity contribution in [1.82, 2.24) is 4.98 Å². The molecule has 0 aliphatic rings. The number of fused-ring (bicyclic) bond motifs is 1. The second-order valence-electron chi connectivity index (χ2n) is 5.35. The van der Waals surface area contributed by atoms with Gasteiger partial charge in [-0.25, -0.2) is 9.78 Å². The molecule has 0 saturated carbocycles. The molecule has 0 aliphatic heterocycles. The molecule has 0 radical (unpaired) electrons. The Bertz CT molecular complexity index is 1000. The molecule has 1 amide bonds. The van der Waals surface area contributed by atoms with Crippen LogP contribution in [0.25, 0.3) is 10.2 Å². The summed E-state index contributed by atoms with van der Waals surface area (Å²) < 4.78 is 5.99. The number of esters is 1. The molecule has 0 aliphatic carbocycles. The van der Waals surface area contributed by atoms with E-state index in [1.165, 1.54) is 36.5 Å². The molecule has 132 valence electrons. The Morgan fingerprint density at radius 2 is 2.04 bits per heavy atom. The molecule has 3 rings (SSSR count). The molecular formula is C17H13N3O5S. The van der Waals surface area contributed by atoms with E-state index >= 15 is 0 Å². The van der Waals surface area contributed by atoms with Gasteiger partial charge in [0.2, 0.25) is 0 Å². The Labute approximate surface area is 151 Å². The van der Waals surface area contributed by atoms with Crippen LogP contribution in [0.1, 0.15) is 17.3 Å². The number of anilines is 1. The van der Waals surface area contributed by atoms with E-state index in [0.717, 1.165) is 10.2 Å². The number of hydrogen-bond donors (Lipinski definition) is 1. The fourth-order valence-electron chi connectivity index (χ4n) is 2.24. The largest absolute Gasteiger partial charge is 0.449 e. The lowest BCUT2D eigenvalue weighted by Gasteiger charge is -2.13. The number of aromatic nitrogens is 1. The molecule has 1 aromatic heterocycles. The highest BCUT2D eigenvalue weighted by atomic mass is 32.1.